The Morgan fingerprint density at radius 2 is 1.89 bits per heavy atom. The van der Waals surface area contributed by atoms with E-state index in [1.165, 1.54) is 0 Å². The van der Waals surface area contributed by atoms with Crippen molar-refractivity contribution >= 4 is 16.9 Å². The summed E-state index contributed by atoms with van der Waals surface area (Å²) >= 11 is 0. The molecule has 0 saturated heterocycles. The zero-order valence-corrected chi connectivity index (χ0v) is 8.99. The zero-order chi connectivity index (χ0) is 14.4. The molecule has 2 N–H and O–H groups in total. The summed E-state index contributed by atoms with van der Waals surface area (Å²) in [5, 5.41) is 17.6. The van der Waals surface area contributed by atoms with Crippen LogP contribution in [0.1, 0.15) is 16.1 Å². The van der Waals surface area contributed by atoms with Gasteiger partial charge in [-0.25, -0.2) is 4.79 Å². The van der Waals surface area contributed by atoms with E-state index in [1.807, 2.05) is 0 Å². The summed E-state index contributed by atoms with van der Waals surface area (Å²) in [6.07, 6.45) is -4.87. The molecular weight excluding hydrogens is 269 g/mol. The van der Waals surface area contributed by atoms with Gasteiger partial charge in [-0.1, -0.05) is 0 Å². The first kappa shape index (κ1) is 12.9. The van der Waals surface area contributed by atoms with Gasteiger partial charge in [-0.05, 0) is 12.1 Å². The minimum Gasteiger partial charge on any atom is -0.507 e. The molecule has 0 unspecified atom stereocenters. The Balaban J connectivity index is 2.92. The number of aromatic carboxylic acids is 1. The van der Waals surface area contributed by atoms with Crippen LogP contribution in [0.2, 0.25) is 0 Å². The van der Waals surface area contributed by atoms with Gasteiger partial charge < -0.3 is 14.6 Å². The number of hydrogen-bond acceptors (Lipinski definition) is 4. The molecule has 8 heteroatoms. The van der Waals surface area contributed by atoms with Gasteiger partial charge in [0.15, 0.2) is 5.43 Å². The molecule has 0 aliphatic rings. The van der Waals surface area contributed by atoms with Crippen molar-refractivity contribution in [2.24, 2.45) is 0 Å². The van der Waals surface area contributed by atoms with E-state index < -0.39 is 45.6 Å². The molecule has 0 amide bonds. The highest BCUT2D eigenvalue weighted by molar-refractivity contribution is 6.04. The Bertz CT molecular complexity index is 729. The first-order valence-electron chi connectivity index (χ1n) is 4.82. The van der Waals surface area contributed by atoms with Crippen molar-refractivity contribution in [2.45, 2.75) is 6.18 Å². The van der Waals surface area contributed by atoms with Gasteiger partial charge in [-0.3, -0.25) is 4.79 Å². The summed E-state index contributed by atoms with van der Waals surface area (Å²) in [6.45, 7) is 0. The molecule has 1 aromatic heterocycles. The molecular formula is C11H5F3O5. The van der Waals surface area contributed by atoms with E-state index in [0.717, 1.165) is 12.1 Å². The van der Waals surface area contributed by atoms with Crippen LogP contribution in [-0.4, -0.2) is 16.2 Å². The van der Waals surface area contributed by atoms with Crippen LogP contribution in [0.25, 0.3) is 11.0 Å². The smallest absolute Gasteiger partial charge is 0.449 e. The third kappa shape index (κ3) is 2.12. The fraction of sp³-hybridized carbons (Fsp3) is 0.0909. The Morgan fingerprint density at radius 3 is 2.42 bits per heavy atom. The summed E-state index contributed by atoms with van der Waals surface area (Å²) in [5.41, 5.74) is -2.54. The zero-order valence-electron chi connectivity index (χ0n) is 8.99. The number of phenols is 1. The van der Waals surface area contributed by atoms with Crippen LogP contribution in [0.4, 0.5) is 13.2 Å². The minimum absolute atomic E-state index is 0.147. The van der Waals surface area contributed by atoms with Crippen LogP contribution >= 0.6 is 0 Å². The van der Waals surface area contributed by atoms with Gasteiger partial charge >= 0.3 is 12.1 Å². The molecule has 0 saturated carbocycles. The van der Waals surface area contributed by atoms with Gasteiger partial charge in [0, 0.05) is 6.07 Å². The first-order chi connectivity index (χ1) is 8.71. The quantitative estimate of drug-likeness (QED) is 0.832. The molecule has 5 nitrogen and oxygen atoms in total. The van der Waals surface area contributed by atoms with Gasteiger partial charge in [0.25, 0.3) is 0 Å². The lowest BCUT2D eigenvalue weighted by Gasteiger charge is -2.08. The van der Waals surface area contributed by atoms with Crippen molar-refractivity contribution in [2.75, 3.05) is 0 Å². The molecule has 100 valence electrons. The Morgan fingerprint density at radius 1 is 1.26 bits per heavy atom. The summed E-state index contributed by atoms with van der Waals surface area (Å²) in [5.74, 6) is -3.91. The standard InChI is InChI=1S/C11H5F3O5/c12-11(13,14)7-3-5(16)8-6(19-7)2-1-4(15)9(8)10(17)18/h1-3,15H,(H,17,18). The van der Waals surface area contributed by atoms with Crippen LogP contribution in [-0.2, 0) is 6.18 Å². The van der Waals surface area contributed by atoms with Crippen molar-refractivity contribution in [1.82, 2.24) is 0 Å². The van der Waals surface area contributed by atoms with Crippen molar-refractivity contribution in [3.05, 3.63) is 39.7 Å². The lowest BCUT2D eigenvalue weighted by atomic mass is 10.1. The van der Waals surface area contributed by atoms with Crippen molar-refractivity contribution in [1.29, 1.82) is 0 Å². The fourth-order valence-electron chi connectivity index (χ4n) is 1.60. The maximum absolute atomic E-state index is 12.4. The van der Waals surface area contributed by atoms with Gasteiger partial charge in [0.05, 0.1) is 5.39 Å². The van der Waals surface area contributed by atoms with E-state index in [9.17, 15) is 27.9 Å². The van der Waals surface area contributed by atoms with E-state index in [0.29, 0.717) is 0 Å². The summed E-state index contributed by atoms with van der Waals surface area (Å²) < 4.78 is 41.8. The third-order valence-electron chi connectivity index (χ3n) is 2.37. The van der Waals surface area contributed by atoms with E-state index in [1.54, 1.807) is 0 Å². The van der Waals surface area contributed by atoms with Crippen LogP contribution in [0.5, 0.6) is 5.75 Å². The predicted molar refractivity (Wildman–Crippen MR) is 56.1 cm³/mol. The topological polar surface area (TPSA) is 87.7 Å². The Hall–Kier alpha value is -2.51. The van der Waals surface area contributed by atoms with Crippen molar-refractivity contribution in [3.8, 4) is 5.75 Å². The van der Waals surface area contributed by atoms with Gasteiger partial charge in [-0.15, -0.1) is 0 Å². The molecule has 0 atom stereocenters. The number of carboxylic acids is 1. The lowest BCUT2D eigenvalue weighted by molar-refractivity contribution is -0.152. The number of carbonyl (C=O) groups is 1. The van der Waals surface area contributed by atoms with E-state index in [4.69, 9.17) is 5.11 Å². The molecule has 0 aliphatic carbocycles. The maximum atomic E-state index is 12.4. The third-order valence-corrected chi connectivity index (χ3v) is 2.37. The minimum atomic E-state index is -4.87. The number of fused-ring (bicyclic) bond motifs is 1. The van der Waals surface area contributed by atoms with Crippen LogP contribution in [0, 0.1) is 0 Å². The number of hydrogen-bond donors (Lipinski definition) is 2. The average molecular weight is 274 g/mol. The number of benzene rings is 1. The lowest BCUT2D eigenvalue weighted by Crippen LogP contribution is -2.13. The highest BCUT2D eigenvalue weighted by atomic mass is 19.4. The summed E-state index contributed by atoms with van der Waals surface area (Å²) in [4.78, 5) is 22.5. The van der Waals surface area contributed by atoms with Gasteiger partial charge in [0.1, 0.15) is 16.9 Å². The van der Waals surface area contributed by atoms with Crippen molar-refractivity contribution in [3.63, 3.8) is 0 Å². The first-order valence-corrected chi connectivity index (χ1v) is 4.82. The second kappa shape index (κ2) is 4.01. The largest absolute Gasteiger partial charge is 0.507 e. The Labute approximate surface area is 102 Å². The maximum Gasteiger partial charge on any atom is 0.449 e. The molecule has 0 radical (unpaired) electrons. The SMILES string of the molecule is O=C(O)c1c(O)ccc2oc(C(F)(F)F)cc(=O)c12. The molecule has 0 spiro atoms. The number of aromatic hydroxyl groups is 1. The highest BCUT2D eigenvalue weighted by Crippen LogP contribution is 2.32. The molecule has 0 bridgehead atoms. The second-order valence-corrected chi connectivity index (χ2v) is 3.61. The summed E-state index contributed by atoms with van der Waals surface area (Å²) in [6, 6.07) is 1.89. The van der Waals surface area contributed by atoms with E-state index in [-0.39, 0.29) is 6.07 Å². The van der Waals surface area contributed by atoms with Crippen LogP contribution in [0.15, 0.2) is 27.4 Å². The monoisotopic (exact) mass is 274 g/mol. The highest BCUT2D eigenvalue weighted by Gasteiger charge is 2.35. The molecule has 19 heavy (non-hydrogen) atoms. The second-order valence-electron chi connectivity index (χ2n) is 3.61. The van der Waals surface area contributed by atoms with Crippen LogP contribution < -0.4 is 5.43 Å². The number of rotatable bonds is 1. The normalized spacial score (nSPS) is 11.7. The average Bonchev–Trinajstić information content (AvgIpc) is 2.27. The van der Waals surface area contributed by atoms with Crippen LogP contribution in [0.3, 0.4) is 0 Å². The van der Waals surface area contributed by atoms with Gasteiger partial charge in [-0.2, -0.15) is 13.2 Å². The molecule has 0 fully saturated rings. The molecule has 2 rings (SSSR count). The van der Waals surface area contributed by atoms with Crippen molar-refractivity contribution < 1.29 is 32.6 Å². The predicted octanol–water partition coefficient (Wildman–Crippen LogP) is 2.22. The number of carboxylic acid groups (broad SMARTS) is 1. The molecule has 0 aliphatic heterocycles. The van der Waals surface area contributed by atoms with Gasteiger partial charge in [0.2, 0.25) is 5.76 Å². The molecule has 1 heterocycles. The van der Waals surface area contributed by atoms with E-state index in [2.05, 4.69) is 4.42 Å². The number of alkyl halides is 3. The Kier molecular flexibility index (Phi) is 2.73. The molecule has 1 aromatic carbocycles. The number of halogens is 3. The summed E-state index contributed by atoms with van der Waals surface area (Å²) in [7, 11) is 0. The molecule has 2 aromatic rings. The van der Waals surface area contributed by atoms with E-state index >= 15 is 0 Å². The fourth-order valence-corrected chi connectivity index (χ4v) is 1.60.